The first-order chi connectivity index (χ1) is 21.0. The largest absolute Gasteiger partial charge is 0.507 e. The first-order valence-electron chi connectivity index (χ1n) is 13.9. The average molecular weight is 567 g/mol. The Kier molecular flexibility index (Phi) is 6.39. The Bertz CT molecular complexity index is 2040. The summed E-state index contributed by atoms with van der Waals surface area (Å²) in [6.07, 6.45) is 3.68. The second kappa shape index (κ2) is 10.5. The van der Waals surface area contributed by atoms with Crippen LogP contribution in [0.15, 0.2) is 97.2 Å². The van der Waals surface area contributed by atoms with E-state index in [0.717, 1.165) is 46.4 Å². The molecule has 4 N–H and O–H groups in total. The third-order valence-corrected chi connectivity index (χ3v) is 7.84. The van der Waals surface area contributed by atoms with E-state index in [4.69, 9.17) is 15.7 Å². The highest BCUT2D eigenvalue weighted by atomic mass is 16.3. The highest BCUT2D eigenvalue weighted by Crippen LogP contribution is 2.36. The van der Waals surface area contributed by atoms with E-state index >= 15 is 0 Å². The number of benzene rings is 3. The fourth-order valence-electron chi connectivity index (χ4n) is 5.68. The first kappa shape index (κ1) is 26.1. The highest BCUT2D eigenvalue weighted by Gasteiger charge is 2.26. The Morgan fingerprint density at radius 2 is 1.84 bits per heavy atom. The number of imidazole rings is 1. The molecule has 9 nitrogen and oxygen atoms in total. The van der Waals surface area contributed by atoms with Crippen molar-refractivity contribution in [3.8, 4) is 34.1 Å². The molecule has 3 heterocycles. The van der Waals surface area contributed by atoms with E-state index in [2.05, 4.69) is 16.4 Å². The topological polar surface area (TPSA) is 136 Å². The van der Waals surface area contributed by atoms with Crippen LogP contribution in [0.25, 0.3) is 39.5 Å². The van der Waals surface area contributed by atoms with Gasteiger partial charge in [0.2, 0.25) is 0 Å². The number of phenols is 1. The van der Waals surface area contributed by atoms with Crippen LogP contribution < -0.4 is 11.1 Å². The minimum Gasteiger partial charge on any atom is -0.507 e. The summed E-state index contributed by atoms with van der Waals surface area (Å²) in [6, 6.07) is 27.9. The van der Waals surface area contributed by atoms with Crippen molar-refractivity contribution in [2.45, 2.75) is 18.9 Å². The number of nitrogens with two attached hydrogens (primary N) is 1. The van der Waals surface area contributed by atoms with E-state index in [1.165, 1.54) is 18.2 Å². The first-order valence-corrected chi connectivity index (χ1v) is 13.9. The number of carbonyl (C=O) groups excluding carboxylic acids is 2. The standard InChI is InChI=1S/C34H26N6O3/c35-31-26(7-4-16-36-31)32-38-29-14-13-27(20-5-2-1-3-6-20)37-33(29)40(32)24-10-11-25-21(18-24)8-12-28(25)39-34(43)22-9-15-30(42)23(17-22)19-41/h1-7,9-11,13-19,28,42H,8,12H2,(H2,35,36)(H,39,43)/t28-/m1/s1. The van der Waals surface area contributed by atoms with E-state index in [0.29, 0.717) is 34.7 Å². The monoisotopic (exact) mass is 566 g/mol. The predicted octanol–water partition coefficient (Wildman–Crippen LogP) is 5.67. The number of phenolic OH excluding ortho intramolecular Hbond substituents is 1. The molecule has 0 bridgehead atoms. The molecule has 43 heavy (non-hydrogen) atoms. The van der Waals surface area contributed by atoms with Crippen molar-refractivity contribution < 1.29 is 14.7 Å². The number of aromatic nitrogens is 4. The zero-order valence-corrected chi connectivity index (χ0v) is 22.9. The summed E-state index contributed by atoms with van der Waals surface area (Å²) in [7, 11) is 0. The number of rotatable bonds is 6. The molecule has 0 radical (unpaired) electrons. The quantitative estimate of drug-likeness (QED) is 0.221. The van der Waals surface area contributed by atoms with Gasteiger partial charge < -0.3 is 16.2 Å². The summed E-state index contributed by atoms with van der Waals surface area (Å²) >= 11 is 0. The Balaban J connectivity index is 1.29. The summed E-state index contributed by atoms with van der Waals surface area (Å²) in [5, 5.41) is 12.9. The molecule has 9 heteroatoms. The second-order valence-electron chi connectivity index (χ2n) is 10.5. The molecule has 0 aliphatic heterocycles. The van der Waals surface area contributed by atoms with Gasteiger partial charge in [-0.15, -0.1) is 0 Å². The van der Waals surface area contributed by atoms with Crippen molar-refractivity contribution in [2.75, 3.05) is 5.73 Å². The smallest absolute Gasteiger partial charge is 0.251 e. The molecule has 3 aromatic heterocycles. The molecule has 0 fully saturated rings. The summed E-state index contributed by atoms with van der Waals surface area (Å²) in [4.78, 5) is 38.5. The molecule has 1 aliphatic carbocycles. The maximum atomic E-state index is 13.0. The molecule has 0 unspecified atom stereocenters. The van der Waals surface area contributed by atoms with Gasteiger partial charge >= 0.3 is 0 Å². The van der Waals surface area contributed by atoms with Crippen LogP contribution in [0.5, 0.6) is 5.75 Å². The lowest BCUT2D eigenvalue weighted by atomic mass is 10.1. The lowest BCUT2D eigenvalue weighted by Crippen LogP contribution is -2.27. The minimum absolute atomic E-state index is 0.0748. The summed E-state index contributed by atoms with van der Waals surface area (Å²) in [6.45, 7) is 0. The molecule has 1 amide bonds. The van der Waals surface area contributed by atoms with E-state index in [-0.39, 0.29) is 23.3 Å². The zero-order chi connectivity index (χ0) is 29.5. The molecule has 6 aromatic rings. The fourth-order valence-corrected chi connectivity index (χ4v) is 5.68. The van der Waals surface area contributed by atoms with Crippen molar-refractivity contribution >= 4 is 29.2 Å². The number of nitrogens with one attached hydrogen (secondary N) is 1. The molecular formula is C34H26N6O3. The number of amides is 1. The summed E-state index contributed by atoms with van der Waals surface area (Å²) in [5.41, 5.74) is 13.7. The highest BCUT2D eigenvalue weighted by molar-refractivity contribution is 5.96. The fraction of sp³-hybridized carbons (Fsp3) is 0.0882. The van der Waals surface area contributed by atoms with Crippen molar-refractivity contribution in [1.29, 1.82) is 0 Å². The van der Waals surface area contributed by atoms with Gasteiger partial charge in [0.1, 0.15) is 17.1 Å². The molecule has 0 spiro atoms. The molecule has 1 aliphatic rings. The van der Waals surface area contributed by atoms with E-state index in [9.17, 15) is 14.7 Å². The van der Waals surface area contributed by atoms with Crippen LogP contribution >= 0.6 is 0 Å². The number of aromatic hydroxyl groups is 1. The van der Waals surface area contributed by atoms with Crippen LogP contribution in [-0.4, -0.2) is 36.8 Å². The SMILES string of the molecule is Nc1ncccc1-c1nc2ccc(-c3ccccc3)nc2n1-c1ccc2c(c1)CC[C@H]2NC(=O)c1ccc(O)c(C=O)c1. The number of nitrogens with zero attached hydrogens (tertiary/aromatic N) is 4. The molecule has 0 saturated heterocycles. The number of aldehydes is 1. The minimum atomic E-state index is -0.308. The van der Waals surface area contributed by atoms with Crippen LogP contribution in [0, 0.1) is 0 Å². The number of nitrogen functional groups attached to an aromatic ring is 1. The lowest BCUT2D eigenvalue weighted by Gasteiger charge is -2.16. The maximum absolute atomic E-state index is 13.0. The number of aryl methyl sites for hydroxylation is 1. The Morgan fingerprint density at radius 1 is 0.977 bits per heavy atom. The van der Waals surface area contributed by atoms with Crippen molar-refractivity contribution in [1.82, 2.24) is 24.8 Å². The van der Waals surface area contributed by atoms with E-state index in [1.54, 1.807) is 6.20 Å². The van der Waals surface area contributed by atoms with Gasteiger partial charge in [0.25, 0.3) is 5.91 Å². The molecule has 0 saturated carbocycles. The van der Waals surface area contributed by atoms with Gasteiger partial charge in [-0.05, 0) is 78.6 Å². The number of carbonyl (C=O) groups is 2. The summed E-state index contributed by atoms with van der Waals surface area (Å²) < 4.78 is 2.01. The zero-order valence-electron chi connectivity index (χ0n) is 22.9. The van der Waals surface area contributed by atoms with Crippen LogP contribution in [0.3, 0.4) is 0 Å². The molecule has 7 rings (SSSR count). The van der Waals surface area contributed by atoms with Crippen molar-refractivity contribution in [3.63, 3.8) is 0 Å². The Hall–Kier alpha value is -5.83. The number of hydrogen-bond donors (Lipinski definition) is 3. The van der Waals surface area contributed by atoms with Gasteiger partial charge in [-0.25, -0.2) is 15.0 Å². The van der Waals surface area contributed by atoms with Crippen LogP contribution in [0.2, 0.25) is 0 Å². The van der Waals surface area contributed by atoms with Crippen LogP contribution in [-0.2, 0) is 6.42 Å². The van der Waals surface area contributed by atoms with E-state index in [1.807, 2.05) is 71.3 Å². The lowest BCUT2D eigenvalue weighted by molar-refractivity contribution is 0.0936. The molecule has 3 aromatic carbocycles. The predicted molar refractivity (Wildman–Crippen MR) is 164 cm³/mol. The van der Waals surface area contributed by atoms with Gasteiger partial charge in [0, 0.05) is 23.0 Å². The van der Waals surface area contributed by atoms with Crippen molar-refractivity contribution in [3.05, 3.63) is 119 Å². The molecule has 1 atom stereocenters. The van der Waals surface area contributed by atoms with Crippen LogP contribution in [0.1, 0.15) is 44.3 Å². The Labute approximate surface area is 246 Å². The van der Waals surface area contributed by atoms with Gasteiger partial charge in [-0.1, -0.05) is 36.4 Å². The number of hydrogen-bond acceptors (Lipinski definition) is 7. The third kappa shape index (κ3) is 4.66. The Morgan fingerprint density at radius 3 is 2.65 bits per heavy atom. The van der Waals surface area contributed by atoms with Gasteiger partial charge in [0.05, 0.1) is 22.9 Å². The van der Waals surface area contributed by atoms with Gasteiger partial charge in [0.15, 0.2) is 17.8 Å². The van der Waals surface area contributed by atoms with Crippen molar-refractivity contribution in [2.24, 2.45) is 0 Å². The van der Waals surface area contributed by atoms with Gasteiger partial charge in [-0.2, -0.15) is 0 Å². The second-order valence-corrected chi connectivity index (χ2v) is 10.5. The normalized spacial score (nSPS) is 14.0. The average Bonchev–Trinajstić information content (AvgIpc) is 3.62. The van der Waals surface area contributed by atoms with E-state index < -0.39 is 0 Å². The van der Waals surface area contributed by atoms with Crippen LogP contribution in [0.4, 0.5) is 5.82 Å². The molecule has 210 valence electrons. The van der Waals surface area contributed by atoms with Gasteiger partial charge in [-0.3, -0.25) is 14.2 Å². The third-order valence-electron chi connectivity index (χ3n) is 7.84. The number of anilines is 1. The maximum Gasteiger partial charge on any atom is 0.251 e. The molecular weight excluding hydrogens is 540 g/mol. The number of fused-ring (bicyclic) bond motifs is 2. The summed E-state index contributed by atoms with van der Waals surface area (Å²) in [5.74, 6) is 0.547. The number of pyridine rings is 2.